The average Bonchev–Trinajstić information content (AvgIpc) is 2.66. The van der Waals surface area contributed by atoms with E-state index in [-0.39, 0.29) is 23.5 Å². The van der Waals surface area contributed by atoms with Crippen molar-refractivity contribution in [1.82, 2.24) is 9.55 Å². The van der Waals surface area contributed by atoms with Gasteiger partial charge in [0.15, 0.2) is 0 Å². The van der Waals surface area contributed by atoms with Crippen LogP contribution in [0.3, 0.4) is 0 Å². The topological polar surface area (TPSA) is 127 Å². The molecule has 1 amide bonds. The highest BCUT2D eigenvalue weighted by Crippen LogP contribution is 2.17. The molecule has 9 nitrogen and oxygen atoms in total. The van der Waals surface area contributed by atoms with Crippen LogP contribution in [0.25, 0.3) is 0 Å². The number of hydrogen-bond donors (Lipinski definition) is 2. The standard InChI is InChI=1S/C18H13ClN4O5/c19-15-7-2-1-4-11(15)10-22-17(25)14(9-20-18(22)26)16(24)21-12-5-3-6-13(8-12)23(27)28/h1-9H,10H2,(H,20,26)(H,21,24). The van der Waals surface area contributed by atoms with Crippen LogP contribution in [0.2, 0.25) is 5.02 Å². The van der Waals surface area contributed by atoms with Crippen molar-refractivity contribution in [2.75, 3.05) is 5.32 Å². The lowest BCUT2D eigenvalue weighted by Crippen LogP contribution is -2.39. The van der Waals surface area contributed by atoms with Crippen LogP contribution in [0, 0.1) is 10.1 Å². The summed E-state index contributed by atoms with van der Waals surface area (Å²) in [6.45, 7) is -0.119. The summed E-state index contributed by atoms with van der Waals surface area (Å²) < 4.78 is 0.851. The summed E-state index contributed by atoms with van der Waals surface area (Å²) in [7, 11) is 0. The van der Waals surface area contributed by atoms with Gasteiger partial charge in [0.2, 0.25) is 0 Å². The van der Waals surface area contributed by atoms with Crippen molar-refractivity contribution in [2.45, 2.75) is 6.54 Å². The molecule has 0 bridgehead atoms. The Kier molecular flexibility index (Phi) is 5.37. The average molecular weight is 401 g/mol. The number of carbonyl (C=O) groups is 1. The van der Waals surface area contributed by atoms with E-state index < -0.39 is 22.1 Å². The van der Waals surface area contributed by atoms with Crippen LogP contribution in [-0.2, 0) is 6.54 Å². The van der Waals surface area contributed by atoms with E-state index in [1.54, 1.807) is 24.3 Å². The fourth-order valence-corrected chi connectivity index (χ4v) is 2.71. The van der Waals surface area contributed by atoms with Crippen molar-refractivity contribution in [2.24, 2.45) is 0 Å². The molecule has 0 atom stereocenters. The number of aromatic nitrogens is 2. The number of halogens is 1. The summed E-state index contributed by atoms with van der Waals surface area (Å²) in [5.74, 6) is -0.811. The van der Waals surface area contributed by atoms with Crippen LogP contribution in [0.4, 0.5) is 11.4 Å². The maximum atomic E-state index is 12.6. The first-order chi connectivity index (χ1) is 13.4. The molecule has 0 spiro atoms. The molecule has 0 aliphatic carbocycles. The Labute approximate surface area is 162 Å². The Bertz CT molecular complexity index is 1180. The number of carbonyl (C=O) groups excluding carboxylic acids is 1. The minimum Gasteiger partial charge on any atom is -0.322 e. The van der Waals surface area contributed by atoms with E-state index in [9.17, 15) is 24.5 Å². The number of nitrogens with one attached hydrogen (secondary N) is 2. The summed E-state index contributed by atoms with van der Waals surface area (Å²) >= 11 is 6.07. The van der Waals surface area contributed by atoms with Crippen molar-refractivity contribution >= 4 is 28.9 Å². The molecule has 0 radical (unpaired) electrons. The minimum absolute atomic E-state index is 0.119. The first-order valence-electron chi connectivity index (χ1n) is 7.98. The number of nitrogens with zero attached hydrogens (tertiary/aromatic N) is 2. The molecular weight excluding hydrogens is 388 g/mol. The lowest BCUT2D eigenvalue weighted by molar-refractivity contribution is -0.384. The molecule has 2 aromatic carbocycles. The summed E-state index contributed by atoms with van der Waals surface area (Å²) in [5, 5.41) is 13.6. The molecule has 10 heteroatoms. The largest absolute Gasteiger partial charge is 0.328 e. The van der Waals surface area contributed by atoms with Crippen LogP contribution in [0.1, 0.15) is 15.9 Å². The molecule has 2 N–H and O–H groups in total. The second-order valence-electron chi connectivity index (χ2n) is 5.75. The van der Waals surface area contributed by atoms with Gasteiger partial charge in [-0.1, -0.05) is 35.9 Å². The Hall–Kier alpha value is -3.72. The zero-order chi connectivity index (χ0) is 20.3. The first kappa shape index (κ1) is 19.1. The van der Waals surface area contributed by atoms with Gasteiger partial charge in [-0.2, -0.15) is 0 Å². The van der Waals surface area contributed by atoms with Crippen LogP contribution in [0.5, 0.6) is 0 Å². The number of non-ortho nitro benzene ring substituents is 1. The summed E-state index contributed by atoms with van der Waals surface area (Å²) in [6.07, 6.45) is 1.00. The van der Waals surface area contributed by atoms with Crippen LogP contribution < -0.4 is 16.6 Å². The summed E-state index contributed by atoms with van der Waals surface area (Å²) in [4.78, 5) is 49.7. The Balaban J connectivity index is 1.93. The molecule has 0 aliphatic rings. The third-order valence-electron chi connectivity index (χ3n) is 3.91. The second-order valence-corrected chi connectivity index (χ2v) is 6.16. The lowest BCUT2D eigenvalue weighted by atomic mass is 10.2. The van der Waals surface area contributed by atoms with E-state index in [2.05, 4.69) is 10.3 Å². The van der Waals surface area contributed by atoms with Crippen LogP contribution in [-0.4, -0.2) is 20.4 Å². The van der Waals surface area contributed by atoms with E-state index in [1.165, 1.54) is 18.2 Å². The van der Waals surface area contributed by atoms with Crippen LogP contribution >= 0.6 is 11.6 Å². The number of benzene rings is 2. The van der Waals surface area contributed by atoms with Gasteiger partial charge in [-0.25, -0.2) is 4.79 Å². The molecule has 1 heterocycles. The van der Waals surface area contributed by atoms with Gasteiger partial charge in [0.25, 0.3) is 17.2 Å². The highest BCUT2D eigenvalue weighted by atomic mass is 35.5. The Morgan fingerprint density at radius 2 is 1.93 bits per heavy atom. The fourth-order valence-electron chi connectivity index (χ4n) is 2.51. The predicted molar refractivity (Wildman–Crippen MR) is 103 cm³/mol. The third kappa shape index (κ3) is 3.99. The lowest BCUT2D eigenvalue weighted by Gasteiger charge is -2.09. The smallest absolute Gasteiger partial charge is 0.322 e. The molecule has 142 valence electrons. The van der Waals surface area contributed by atoms with E-state index in [0.29, 0.717) is 10.6 Å². The maximum Gasteiger partial charge on any atom is 0.328 e. The van der Waals surface area contributed by atoms with Gasteiger partial charge in [-0.3, -0.25) is 24.3 Å². The van der Waals surface area contributed by atoms with Gasteiger partial charge in [-0.05, 0) is 17.7 Å². The SMILES string of the molecule is O=C(Nc1cccc([N+](=O)[O-])c1)c1c[nH]c(=O)n(Cc2ccccc2Cl)c1=O. The Morgan fingerprint density at radius 1 is 1.18 bits per heavy atom. The quantitative estimate of drug-likeness (QED) is 0.502. The first-order valence-corrected chi connectivity index (χ1v) is 8.36. The highest BCUT2D eigenvalue weighted by Gasteiger charge is 2.17. The van der Waals surface area contributed by atoms with E-state index >= 15 is 0 Å². The zero-order valence-corrected chi connectivity index (χ0v) is 15.0. The zero-order valence-electron chi connectivity index (χ0n) is 14.2. The number of anilines is 1. The minimum atomic E-state index is -0.813. The Morgan fingerprint density at radius 3 is 2.64 bits per heavy atom. The molecular formula is C18H13ClN4O5. The van der Waals surface area contributed by atoms with Crippen molar-refractivity contribution in [3.63, 3.8) is 0 Å². The van der Waals surface area contributed by atoms with Gasteiger partial charge in [0.1, 0.15) is 5.56 Å². The predicted octanol–water partition coefficient (Wildman–Crippen LogP) is 2.40. The number of nitro groups is 1. The van der Waals surface area contributed by atoms with Gasteiger partial charge in [-0.15, -0.1) is 0 Å². The molecule has 0 saturated carbocycles. The number of aromatic amines is 1. The molecule has 3 aromatic rings. The van der Waals surface area contributed by atoms with Gasteiger partial charge < -0.3 is 10.3 Å². The molecule has 3 rings (SSSR count). The maximum absolute atomic E-state index is 12.6. The molecule has 28 heavy (non-hydrogen) atoms. The molecule has 1 aromatic heterocycles. The molecule has 0 saturated heterocycles. The normalized spacial score (nSPS) is 10.5. The van der Waals surface area contributed by atoms with E-state index in [0.717, 1.165) is 16.8 Å². The van der Waals surface area contributed by atoms with Crippen molar-refractivity contribution < 1.29 is 9.72 Å². The second kappa shape index (κ2) is 7.89. The summed E-state index contributed by atoms with van der Waals surface area (Å²) in [6, 6.07) is 12.0. The van der Waals surface area contributed by atoms with Crippen molar-refractivity contribution in [3.05, 3.63) is 102 Å². The van der Waals surface area contributed by atoms with Crippen molar-refractivity contribution in [1.29, 1.82) is 0 Å². The van der Waals surface area contributed by atoms with Crippen LogP contribution in [0.15, 0.2) is 64.3 Å². The number of rotatable bonds is 5. The van der Waals surface area contributed by atoms with Gasteiger partial charge in [0, 0.05) is 29.0 Å². The summed E-state index contributed by atoms with van der Waals surface area (Å²) in [5.41, 5.74) is -1.37. The number of amides is 1. The van der Waals surface area contributed by atoms with Gasteiger partial charge >= 0.3 is 5.69 Å². The van der Waals surface area contributed by atoms with E-state index in [4.69, 9.17) is 11.6 Å². The van der Waals surface area contributed by atoms with Gasteiger partial charge in [0.05, 0.1) is 11.5 Å². The molecule has 0 fully saturated rings. The number of nitro benzene ring substituents is 1. The molecule has 0 aliphatic heterocycles. The fraction of sp³-hybridized carbons (Fsp3) is 0.0556. The number of H-pyrrole nitrogens is 1. The van der Waals surface area contributed by atoms with E-state index in [1.807, 2.05) is 0 Å². The third-order valence-corrected chi connectivity index (χ3v) is 4.28. The highest BCUT2D eigenvalue weighted by molar-refractivity contribution is 6.31. The van der Waals surface area contributed by atoms with Crippen molar-refractivity contribution in [3.8, 4) is 0 Å². The monoisotopic (exact) mass is 400 g/mol. The number of hydrogen-bond acceptors (Lipinski definition) is 5. The molecule has 0 unspecified atom stereocenters.